The summed E-state index contributed by atoms with van der Waals surface area (Å²) >= 11 is 15.7. The smallest absolute Gasteiger partial charge is 0.252 e. The van der Waals surface area contributed by atoms with Gasteiger partial charge in [-0.2, -0.15) is 0 Å². The molecule has 2 nitrogen and oxygen atoms in total. The molecule has 1 N–H and O–H groups in total. The van der Waals surface area contributed by atoms with Crippen LogP contribution in [0.2, 0.25) is 5.02 Å². The molecule has 1 fully saturated rings. The van der Waals surface area contributed by atoms with E-state index in [1.165, 1.54) is 12.8 Å². The maximum atomic E-state index is 12.1. The molecule has 1 aliphatic rings. The molecule has 1 aromatic carbocycles. The van der Waals surface area contributed by atoms with E-state index in [4.69, 9.17) is 23.2 Å². The quantitative estimate of drug-likeness (QED) is 0.778. The lowest BCUT2D eigenvalue weighted by Gasteiger charge is -2.27. The normalized spacial score (nSPS) is 23.1. The molecule has 2 rings (SSSR count). The van der Waals surface area contributed by atoms with Crippen molar-refractivity contribution in [3.05, 3.63) is 33.3 Å². The highest BCUT2D eigenvalue weighted by molar-refractivity contribution is 9.10. The highest BCUT2D eigenvalue weighted by Crippen LogP contribution is 2.28. The standard InChI is InChI=1S/C14H16BrCl2NO/c15-10-5-6-13(17)11(7-10)14(19)18-8-9-3-1-2-4-12(9)16/h5-7,9,12H,1-4,8H2,(H,18,19). The van der Waals surface area contributed by atoms with E-state index in [0.717, 1.165) is 17.3 Å². The van der Waals surface area contributed by atoms with Gasteiger partial charge in [-0.15, -0.1) is 11.6 Å². The number of carbonyl (C=O) groups excluding carboxylic acids is 1. The van der Waals surface area contributed by atoms with Crippen molar-refractivity contribution in [2.45, 2.75) is 31.1 Å². The predicted molar refractivity (Wildman–Crippen MR) is 83.1 cm³/mol. The van der Waals surface area contributed by atoms with E-state index in [0.29, 0.717) is 23.0 Å². The predicted octanol–water partition coefficient (Wildman–Crippen LogP) is 4.63. The molecule has 19 heavy (non-hydrogen) atoms. The van der Waals surface area contributed by atoms with E-state index in [1.807, 2.05) is 6.07 Å². The first kappa shape index (κ1) is 15.1. The van der Waals surface area contributed by atoms with Crippen LogP contribution < -0.4 is 5.32 Å². The van der Waals surface area contributed by atoms with Crippen molar-refractivity contribution in [1.29, 1.82) is 0 Å². The molecule has 1 aromatic rings. The maximum Gasteiger partial charge on any atom is 0.252 e. The Morgan fingerprint density at radius 3 is 2.84 bits per heavy atom. The Labute approximate surface area is 132 Å². The van der Waals surface area contributed by atoms with Crippen molar-refractivity contribution in [3.63, 3.8) is 0 Å². The zero-order valence-corrected chi connectivity index (χ0v) is 13.6. The zero-order chi connectivity index (χ0) is 13.8. The first-order valence-electron chi connectivity index (χ1n) is 6.45. The fourth-order valence-electron chi connectivity index (χ4n) is 2.38. The van der Waals surface area contributed by atoms with Crippen molar-refractivity contribution in [2.24, 2.45) is 5.92 Å². The van der Waals surface area contributed by atoms with E-state index in [9.17, 15) is 4.79 Å². The van der Waals surface area contributed by atoms with E-state index in [1.54, 1.807) is 12.1 Å². The van der Waals surface area contributed by atoms with Crippen LogP contribution >= 0.6 is 39.1 Å². The van der Waals surface area contributed by atoms with Gasteiger partial charge in [0, 0.05) is 16.4 Å². The molecule has 1 amide bonds. The van der Waals surface area contributed by atoms with Crippen molar-refractivity contribution >= 4 is 45.0 Å². The third-order valence-electron chi connectivity index (χ3n) is 3.51. The molecule has 2 unspecified atom stereocenters. The number of hydrogen-bond donors (Lipinski definition) is 1. The van der Waals surface area contributed by atoms with Gasteiger partial charge in [-0.25, -0.2) is 0 Å². The maximum absolute atomic E-state index is 12.1. The SMILES string of the molecule is O=C(NCC1CCCCC1Cl)c1cc(Br)ccc1Cl. The van der Waals surface area contributed by atoms with Gasteiger partial charge in [-0.05, 0) is 37.0 Å². The molecule has 0 spiro atoms. The minimum absolute atomic E-state index is 0.138. The number of hydrogen-bond acceptors (Lipinski definition) is 1. The number of benzene rings is 1. The topological polar surface area (TPSA) is 29.1 Å². The van der Waals surface area contributed by atoms with Crippen LogP contribution in [0.5, 0.6) is 0 Å². The van der Waals surface area contributed by atoms with Gasteiger partial charge >= 0.3 is 0 Å². The van der Waals surface area contributed by atoms with Crippen LogP contribution in [0.3, 0.4) is 0 Å². The van der Waals surface area contributed by atoms with Crippen LogP contribution in [0.4, 0.5) is 0 Å². The number of alkyl halides is 1. The summed E-state index contributed by atoms with van der Waals surface area (Å²) in [6.45, 7) is 0.621. The molecule has 5 heteroatoms. The van der Waals surface area contributed by atoms with Gasteiger partial charge in [0.25, 0.3) is 5.91 Å². The molecule has 0 saturated heterocycles. The van der Waals surface area contributed by atoms with Crippen LogP contribution in [0.1, 0.15) is 36.0 Å². The molecule has 0 aliphatic heterocycles. The lowest BCUT2D eigenvalue weighted by Crippen LogP contribution is -2.34. The number of amides is 1. The summed E-state index contributed by atoms with van der Waals surface area (Å²) in [4.78, 5) is 12.1. The lowest BCUT2D eigenvalue weighted by molar-refractivity contribution is 0.0944. The number of rotatable bonds is 3. The number of halogens is 3. The van der Waals surface area contributed by atoms with Crippen molar-refractivity contribution < 1.29 is 4.79 Å². The molecule has 2 atom stereocenters. The van der Waals surface area contributed by atoms with E-state index in [2.05, 4.69) is 21.2 Å². The second-order valence-corrected chi connectivity index (χ2v) is 6.78. The molecular weight excluding hydrogens is 349 g/mol. The summed E-state index contributed by atoms with van der Waals surface area (Å²) in [5, 5.41) is 3.58. The molecule has 0 heterocycles. The summed E-state index contributed by atoms with van der Waals surface area (Å²) in [6.07, 6.45) is 4.51. The second-order valence-electron chi connectivity index (χ2n) is 4.89. The highest BCUT2D eigenvalue weighted by Gasteiger charge is 2.23. The second kappa shape index (κ2) is 6.96. The van der Waals surface area contributed by atoms with Gasteiger partial charge in [-0.3, -0.25) is 4.79 Å². The minimum Gasteiger partial charge on any atom is -0.352 e. The fourth-order valence-corrected chi connectivity index (χ4v) is 3.32. The minimum atomic E-state index is -0.138. The van der Waals surface area contributed by atoms with Crippen LogP contribution in [0.15, 0.2) is 22.7 Å². The van der Waals surface area contributed by atoms with Gasteiger partial charge in [0.2, 0.25) is 0 Å². The first-order valence-corrected chi connectivity index (χ1v) is 8.06. The molecular formula is C14H16BrCl2NO. The van der Waals surface area contributed by atoms with Crippen LogP contribution in [0.25, 0.3) is 0 Å². The number of nitrogens with one attached hydrogen (secondary N) is 1. The van der Waals surface area contributed by atoms with Crippen LogP contribution in [0, 0.1) is 5.92 Å². The third kappa shape index (κ3) is 4.11. The van der Waals surface area contributed by atoms with E-state index >= 15 is 0 Å². The van der Waals surface area contributed by atoms with Crippen molar-refractivity contribution in [1.82, 2.24) is 5.32 Å². The molecule has 1 saturated carbocycles. The van der Waals surface area contributed by atoms with Gasteiger partial charge < -0.3 is 5.32 Å². The van der Waals surface area contributed by atoms with Gasteiger partial charge in [0.15, 0.2) is 0 Å². The highest BCUT2D eigenvalue weighted by atomic mass is 79.9. The van der Waals surface area contributed by atoms with Crippen LogP contribution in [-0.2, 0) is 0 Å². The molecule has 0 radical (unpaired) electrons. The summed E-state index contributed by atoms with van der Waals surface area (Å²) in [5.41, 5.74) is 0.498. The van der Waals surface area contributed by atoms with Gasteiger partial charge in [0.05, 0.1) is 10.6 Å². The summed E-state index contributed by atoms with van der Waals surface area (Å²) in [7, 11) is 0. The zero-order valence-electron chi connectivity index (χ0n) is 10.5. The van der Waals surface area contributed by atoms with Crippen molar-refractivity contribution in [2.75, 3.05) is 6.54 Å². The largest absolute Gasteiger partial charge is 0.352 e. The monoisotopic (exact) mass is 363 g/mol. The van der Waals surface area contributed by atoms with Crippen LogP contribution in [-0.4, -0.2) is 17.8 Å². The van der Waals surface area contributed by atoms with Gasteiger partial charge in [-0.1, -0.05) is 40.4 Å². The Kier molecular flexibility index (Phi) is 5.55. The third-order valence-corrected chi connectivity index (χ3v) is 4.91. The van der Waals surface area contributed by atoms with Crippen molar-refractivity contribution in [3.8, 4) is 0 Å². The Morgan fingerprint density at radius 1 is 1.37 bits per heavy atom. The molecule has 0 bridgehead atoms. The Morgan fingerprint density at radius 2 is 2.11 bits per heavy atom. The van der Waals surface area contributed by atoms with E-state index < -0.39 is 0 Å². The Bertz CT molecular complexity index is 467. The molecule has 0 aromatic heterocycles. The Hall–Kier alpha value is -0.250. The van der Waals surface area contributed by atoms with Gasteiger partial charge in [0.1, 0.15) is 0 Å². The molecule has 104 valence electrons. The summed E-state index contributed by atoms with van der Waals surface area (Å²) in [6, 6.07) is 5.26. The van der Waals surface area contributed by atoms with E-state index in [-0.39, 0.29) is 11.3 Å². The fraction of sp³-hybridized carbons (Fsp3) is 0.500. The number of carbonyl (C=O) groups is 1. The summed E-state index contributed by atoms with van der Waals surface area (Å²) < 4.78 is 0.843. The summed E-state index contributed by atoms with van der Waals surface area (Å²) in [5.74, 6) is 0.228. The lowest BCUT2D eigenvalue weighted by atomic mass is 9.88. The average Bonchev–Trinajstić information content (AvgIpc) is 2.40. The Balaban J connectivity index is 1.95. The molecule has 1 aliphatic carbocycles. The average molecular weight is 365 g/mol. The first-order chi connectivity index (χ1) is 9.08.